The summed E-state index contributed by atoms with van der Waals surface area (Å²) < 4.78 is 6.81. The molecule has 1 atom stereocenters. The molecule has 1 aliphatic rings. The van der Waals surface area contributed by atoms with Crippen molar-refractivity contribution in [1.29, 1.82) is 0 Å². The van der Waals surface area contributed by atoms with Crippen LogP contribution in [0.15, 0.2) is 48.7 Å². The van der Waals surface area contributed by atoms with Crippen LogP contribution in [0.3, 0.4) is 0 Å². The Morgan fingerprint density at radius 2 is 1.50 bits per heavy atom. The highest BCUT2D eigenvalue weighted by atomic mass is 28.4. The van der Waals surface area contributed by atoms with Crippen LogP contribution >= 0.6 is 0 Å². The fraction of sp³-hybridized carbons (Fsp3) is 0.500. The summed E-state index contributed by atoms with van der Waals surface area (Å²) in [6, 6.07) is 10.3. The number of hydrogen-bond acceptors (Lipinski definition) is 1. The van der Waals surface area contributed by atoms with Gasteiger partial charge in [-0.1, -0.05) is 85.4 Å². The molecule has 120 valence electrons. The van der Waals surface area contributed by atoms with Gasteiger partial charge in [0.2, 0.25) is 0 Å². The van der Waals surface area contributed by atoms with Crippen molar-refractivity contribution >= 4 is 13.9 Å². The molecule has 1 unspecified atom stereocenters. The van der Waals surface area contributed by atoms with Gasteiger partial charge < -0.3 is 4.43 Å². The molecule has 2 rings (SSSR count). The first-order chi connectivity index (χ1) is 10.0. The van der Waals surface area contributed by atoms with E-state index in [0.29, 0.717) is 5.54 Å². The molecule has 0 fully saturated rings. The second-order valence-electron chi connectivity index (χ2n) is 8.50. The summed E-state index contributed by atoms with van der Waals surface area (Å²) in [4.78, 5) is 0. The lowest BCUT2D eigenvalue weighted by atomic mass is 10.1. The Hall–Kier alpha value is -1.28. The standard InChI is InChI=1S/C20H30OSi/c1-15-14-18(16(2)17-12-10-9-11-13-17)21-22(15,19(3,4)5)20(6,7)8/h9-15H,2H2,1,3-8H3. The fourth-order valence-corrected chi connectivity index (χ4v) is 11.1. The average Bonchev–Trinajstić information content (AvgIpc) is 2.77. The number of allylic oxidation sites excluding steroid dienone is 2. The van der Waals surface area contributed by atoms with Crippen LogP contribution in [-0.4, -0.2) is 8.32 Å². The zero-order valence-corrected chi connectivity index (χ0v) is 16.2. The topological polar surface area (TPSA) is 9.23 Å². The van der Waals surface area contributed by atoms with Gasteiger partial charge in [-0.25, -0.2) is 0 Å². The predicted octanol–water partition coefficient (Wildman–Crippen LogP) is 6.55. The maximum Gasteiger partial charge on any atom is 0.268 e. The van der Waals surface area contributed by atoms with Gasteiger partial charge in [0.1, 0.15) is 5.76 Å². The van der Waals surface area contributed by atoms with Gasteiger partial charge in [-0.05, 0) is 21.7 Å². The zero-order chi connectivity index (χ0) is 16.8. The Morgan fingerprint density at radius 1 is 1.00 bits per heavy atom. The van der Waals surface area contributed by atoms with E-state index in [1.807, 2.05) is 6.07 Å². The Morgan fingerprint density at radius 3 is 1.91 bits per heavy atom. The Bertz CT molecular complexity index is 570. The van der Waals surface area contributed by atoms with Crippen LogP contribution in [-0.2, 0) is 4.43 Å². The fourth-order valence-electron chi connectivity index (χ4n) is 4.39. The van der Waals surface area contributed by atoms with Crippen LogP contribution in [0.5, 0.6) is 0 Å². The van der Waals surface area contributed by atoms with Crippen molar-refractivity contribution in [1.82, 2.24) is 0 Å². The Balaban J connectivity index is 2.42. The highest BCUT2D eigenvalue weighted by molar-refractivity contribution is 6.82. The smallest absolute Gasteiger partial charge is 0.268 e. The molecule has 0 saturated heterocycles. The van der Waals surface area contributed by atoms with Gasteiger partial charge in [0.05, 0.1) is 0 Å². The summed E-state index contributed by atoms with van der Waals surface area (Å²) in [7, 11) is -2.05. The average molecular weight is 315 g/mol. The monoisotopic (exact) mass is 314 g/mol. The zero-order valence-electron chi connectivity index (χ0n) is 15.2. The molecular formula is C20H30OSi. The minimum Gasteiger partial charge on any atom is -0.542 e. The first kappa shape index (κ1) is 17.1. The highest BCUT2D eigenvalue weighted by Crippen LogP contribution is 2.61. The molecule has 1 nitrogen and oxygen atoms in total. The maximum absolute atomic E-state index is 6.81. The van der Waals surface area contributed by atoms with Crippen molar-refractivity contribution in [3.05, 3.63) is 54.3 Å². The normalized spacial score (nSPS) is 21.2. The van der Waals surface area contributed by atoms with Gasteiger partial charge in [0.25, 0.3) is 8.32 Å². The van der Waals surface area contributed by atoms with E-state index in [1.54, 1.807) is 0 Å². The molecule has 2 heteroatoms. The predicted molar refractivity (Wildman–Crippen MR) is 99.3 cm³/mol. The van der Waals surface area contributed by atoms with Crippen molar-refractivity contribution in [2.45, 2.75) is 64.1 Å². The van der Waals surface area contributed by atoms with E-state index in [2.05, 4.69) is 85.4 Å². The van der Waals surface area contributed by atoms with Gasteiger partial charge in [-0.3, -0.25) is 0 Å². The molecule has 22 heavy (non-hydrogen) atoms. The van der Waals surface area contributed by atoms with Gasteiger partial charge >= 0.3 is 0 Å². The number of benzene rings is 1. The Kier molecular flexibility index (Phi) is 4.20. The molecule has 0 bridgehead atoms. The van der Waals surface area contributed by atoms with E-state index in [-0.39, 0.29) is 10.1 Å². The lowest BCUT2D eigenvalue weighted by Gasteiger charge is -2.50. The van der Waals surface area contributed by atoms with Crippen LogP contribution in [0, 0.1) is 0 Å². The minimum atomic E-state index is -2.05. The van der Waals surface area contributed by atoms with Gasteiger partial charge in [-0.2, -0.15) is 0 Å². The van der Waals surface area contributed by atoms with Crippen molar-refractivity contribution in [2.24, 2.45) is 0 Å². The van der Waals surface area contributed by atoms with E-state index in [1.165, 1.54) is 0 Å². The van der Waals surface area contributed by atoms with Gasteiger partial charge in [-0.15, -0.1) is 0 Å². The molecule has 0 aromatic heterocycles. The van der Waals surface area contributed by atoms with Crippen LogP contribution in [0.25, 0.3) is 5.57 Å². The van der Waals surface area contributed by atoms with Gasteiger partial charge in [0, 0.05) is 11.1 Å². The SMILES string of the molecule is C=C(C1=CC(C)[Si](C(C)(C)C)(C(C)(C)C)O1)c1ccccc1. The van der Waals surface area contributed by atoms with Crippen LogP contribution in [0.4, 0.5) is 0 Å². The lowest BCUT2D eigenvalue weighted by Crippen LogP contribution is -2.54. The summed E-state index contributed by atoms with van der Waals surface area (Å²) in [6.07, 6.45) is 2.32. The second kappa shape index (κ2) is 5.41. The largest absolute Gasteiger partial charge is 0.542 e. The minimum absolute atomic E-state index is 0.167. The van der Waals surface area contributed by atoms with E-state index in [0.717, 1.165) is 16.9 Å². The van der Waals surface area contributed by atoms with Crippen molar-refractivity contribution in [2.75, 3.05) is 0 Å². The third-order valence-corrected chi connectivity index (χ3v) is 11.4. The third kappa shape index (κ3) is 2.58. The molecule has 0 spiro atoms. The molecular weight excluding hydrogens is 284 g/mol. The van der Waals surface area contributed by atoms with E-state index >= 15 is 0 Å². The molecule has 1 aliphatic heterocycles. The molecule has 0 amide bonds. The van der Waals surface area contributed by atoms with Crippen molar-refractivity contribution < 1.29 is 4.43 Å². The second-order valence-corrected chi connectivity index (χ2v) is 14.1. The first-order valence-electron chi connectivity index (χ1n) is 8.16. The van der Waals surface area contributed by atoms with Crippen LogP contribution in [0.2, 0.25) is 15.6 Å². The number of hydrogen-bond donors (Lipinski definition) is 0. The summed E-state index contributed by atoms with van der Waals surface area (Å²) in [5, 5.41) is 0.333. The highest BCUT2D eigenvalue weighted by Gasteiger charge is 2.62. The summed E-state index contributed by atoms with van der Waals surface area (Å²) in [6.45, 7) is 20.6. The van der Waals surface area contributed by atoms with Crippen molar-refractivity contribution in [3.63, 3.8) is 0 Å². The molecule has 0 radical (unpaired) electrons. The van der Waals surface area contributed by atoms with Crippen molar-refractivity contribution in [3.8, 4) is 0 Å². The molecule has 1 aromatic carbocycles. The summed E-state index contributed by atoms with van der Waals surface area (Å²) in [5.74, 6) is 0.996. The van der Waals surface area contributed by atoms with E-state index in [4.69, 9.17) is 4.43 Å². The summed E-state index contributed by atoms with van der Waals surface area (Å²) >= 11 is 0. The molecule has 0 aliphatic carbocycles. The number of rotatable bonds is 2. The van der Waals surface area contributed by atoms with E-state index in [9.17, 15) is 0 Å². The molecule has 0 N–H and O–H groups in total. The summed E-state index contributed by atoms with van der Waals surface area (Å²) in [5.41, 5.74) is 2.63. The first-order valence-corrected chi connectivity index (χ1v) is 10.1. The molecule has 0 saturated carbocycles. The molecule has 1 heterocycles. The van der Waals surface area contributed by atoms with E-state index < -0.39 is 8.32 Å². The van der Waals surface area contributed by atoms with Gasteiger partial charge in [0.15, 0.2) is 0 Å². The third-order valence-electron chi connectivity index (χ3n) is 4.96. The quantitative estimate of drug-likeness (QED) is 0.562. The molecule has 1 aromatic rings. The Labute approximate surface area is 137 Å². The lowest BCUT2D eigenvalue weighted by molar-refractivity contribution is 0.364. The van der Waals surface area contributed by atoms with Crippen LogP contribution < -0.4 is 0 Å². The maximum atomic E-state index is 6.81. The van der Waals surface area contributed by atoms with Crippen LogP contribution in [0.1, 0.15) is 54.0 Å².